The molecule has 4 nitrogen and oxygen atoms in total. The third-order valence-electron chi connectivity index (χ3n) is 4.69. The van der Waals surface area contributed by atoms with Crippen molar-refractivity contribution in [1.29, 1.82) is 0 Å². The maximum Gasteiger partial charge on any atom is 0.242 e. The van der Waals surface area contributed by atoms with Crippen LogP contribution in [0.1, 0.15) is 37.9 Å². The third-order valence-corrected chi connectivity index (χ3v) is 4.69. The second kappa shape index (κ2) is 7.60. The second-order valence-electron chi connectivity index (χ2n) is 6.38. The molecule has 1 aromatic rings. The summed E-state index contributed by atoms with van der Waals surface area (Å²) in [5.74, 6) is -0.103. The number of benzene rings is 1. The Hall–Kier alpha value is -1.17. The minimum atomic E-state index is -0.455. The standard InChI is InChI=1S/C17H23FN2O2.ClH/c1-17(8-2-3-9-19-17)16(21)20-10-11-22-15(12-20)13-4-6-14(18)7-5-13;/h4-7,15,19H,2-3,8-12H2,1H3;1H. The predicted octanol–water partition coefficient (Wildman–Crippen LogP) is 2.68. The van der Waals surface area contributed by atoms with E-state index in [4.69, 9.17) is 4.74 Å². The summed E-state index contributed by atoms with van der Waals surface area (Å²) in [5.41, 5.74) is 0.462. The van der Waals surface area contributed by atoms with Crippen molar-refractivity contribution >= 4 is 18.3 Å². The number of morpholine rings is 1. The molecule has 23 heavy (non-hydrogen) atoms. The number of piperidine rings is 1. The van der Waals surface area contributed by atoms with Gasteiger partial charge in [0, 0.05) is 6.54 Å². The van der Waals surface area contributed by atoms with Crippen molar-refractivity contribution in [3.05, 3.63) is 35.6 Å². The SMILES string of the molecule is CC1(C(=O)N2CCOC(c3ccc(F)cc3)C2)CCCCN1.Cl. The Labute approximate surface area is 142 Å². The Kier molecular flexibility index (Phi) is 6.00. The van der Waals surface area contributed by atoms with Gasteiger partial charge >= 0.3 is 0 Å². The van der Waals surface area contributed by atoms with E-state index >= 15 is 0 Å². The van der Waals surface area contributed by atoms with E-state index in [1.165, 1.54) is 12.1 Å². The fourth-order valence-electron chi connectivity index (χ4n) is 3.30. The fraction of sp³-hybridized carbons (Fsp3) is 0.588. The Morgan fingerprint density at radius 3 is 2.74 bits per heavy atom. The van der Waals surface area contributed by atoms with Crippen LogP contribution in [-0.2, 0) is 9.53 Å². The van der Waals surface area contributed by atoms with Gasteiger partial charge < -0.3 is 15.0 Å². The highest BCUT2D eigenvalue weighted by atomic mass is 35.5. The van der Waals surface area contributed by atoms with Crippen LogP contribution in [0, 0.1) is 5.82 Å². The van der Waals surface area contributed by atoms with Crippen LogP contribution < -0.4 is 5.32 Å². The smallest absolute Gasteiger partial charge is 0.242 e. The van der Waals surface area contributed by atoms with Crippen molar-refractivity contribution in [2.24, 2.45) is 0 Å². The number of amides is 1. The molecule has 128 valence electrons. The Morgan fingerprint density at radius 1 is 1.35 bits per heavy atom. The molecule has 2 saturated heterocycles. The molecule has 2 aliphatic heterocycles. The van der Waals surface area contributed by atoms with Crippen LogP contribution in [0.3, 0.4) is 0 Å². The minimum absolute atomic E-state index is 0. The molecule has 1 aromatic carbocycles. The molecule has 0 aromatic heterocycles. The Bertz CT molecular complexity index is 532. The lowest BCUT2D eigenvalue weighted by Crippen LogP contribution is -2.59. The van der Waals surface area contributed by atoms with Crippen LogP contribution >= 0.6 is 12.4 Å². The molecule has 1 N–H and O–H groups in total. The zero-order chi connectivity index (χ0) is 15.6. The Balaban J connectivity index is 0.00000192. The van der Waals surface area contributed by atoms with Crippen LogP contribution in [0.15, 0.2) is 24.3 Å². The first kappa shape index (κ1) is 18.2. The van der Waals surface area contributed by atoms with E-state index < -0.39 is 5.54 Å². The molecule has 3 rings (SSSR count). The number of rotatable bonds is 2. The van der Waals surface area contributed by atoms with Crippen LogP contribution in [0.25, 0.3) is 0 Å². The number of halogens is 2. The number of nitrogens with zero attached hydrogens (tertiary/aromatic N) is 1. The molecule has 0 saturated carbocycles. The highest BCUT2D eigenvalue weighted by Gasteiger charge is 2.39. The van der Waals surface area contributed by atoms with Gasteiger partial charge in [-0.2, -0.15) is 0 Å². The summed E-state index contributed by atoms with van der Waals surface area (Å²) in [7, 11) is 0. The van der Waals surface area contributed by atoms with Gasteiger partial charge in [0.15, 0.2) is 0 Å². The van der Waals surface area contributed by atoms with E-state index in [1.54, 1.807) is 12.1 Å². The molecule has 2 fully saturated rings. The van der Waals surface area contributed by atoms with E-state index in [1.807, 2.05) is 11.8 Å². The summed E-state index contributed by atoms with van der Waals surface area (Å²) in [6.07, 6.45) is 2.92. The predicted molar refractivity (Wildman–Crippen MR) is 89.2 cm³/mol. The molecular weight excluding hydrogens is 319 g/mol. The van der Waals surface area contributed by atoms with Crippen molar-refractivity contribution < 1.29 is 13.9 Å². The summed E-state index contributed by atoms with van der Waals surface area (Å²) < 4.78 is 18.8. The fourth-order valence-corrected chi connectivity index (χ4v) is 3.30. The number of hydrogen-bond acceptors (Lipinski definition) is 3. The van der Waals surface area contributed by atoms with Crippen molar-refractivity contribution in [2.75, 3.05) is 26.2 Å². The zero-order valence-corrected chi connectivity index (χ0v) is 14.2. The monoisotopic (exact) mass is 342 g/mol. The van der Waals surface area contributed by atoms with E-state index in [0.29, 0.717) is 19.7 Å². The van der Waals surface area contributed by atoms with Gasteiger partial charge in [-0.3, -0.25) is 4.79 Å². The van der Waals surface area contributed by atoms with Gasteiger partial charge in [-0.1, -0.05) is 12.1 Å². The van der Waals surface area contributed by atoms with E-state index in [9.17, 15) is 9.18 Å². The lowest BCUT2D eigenvalue weighted by atomic mass is 9.89. The van der Waals surface area contributed by atoms with Crippen molar-refractivity contribution in [2.45, 2.75) is 37.8 Å². The van der Waals surface area contributed by atoms with Crippen molar-refractivity contribution in [3.63, 3.8) is 0 Å². The van der Waals surface area contributed by atoms with E-state index in [2.05, 4.69) is 5.32 Å². The average molecular weight is 343 g/mol. The van der Waals surface area contributed by atoms with Gasteiger partial charge in [-0.05, 0) is 50.4 Å². The number of hydrogen-bond donors (Lipinski definition) is 1. The van der Waals surface area contributed by atoms with E-state index in [-0.39, 0.29) is 30.2 Å². The maximum atomic E-state index is 13.0. The number of ether oxygens (including phenoxy) is 1. The molecule has 6 heteroatoms. The molecule has 0 aliphatic carbocycles. The van der Waals surface area contributed by atoms with Crippen molar-refractivity contribution in [3.8, 4) is 0 Å². The van der Waals surface area contributed by atoms with Gasteiger partial charge in [-0.15, -0.1) is 12.4 Å². The summed E-state index contributed by atoms with van der Waals surface area (Å²) in [4.78, 5) is 14.7. The van der Waals surface area contributed by atoms with Crippen molar-refractivity contribution in [1.82, 2.24) is 10.2 Å². The first-order valence-corrected chi connectivity index (χ1v) is 8.00. The molecule has 0 spiro atoms. The van der Waals surface area contributed by atoms with Gasteiger partial charge in [0.25, 0.3) is 0 Å². The van der Waals surface area contributed by atoms with E-state index in [0.717, 1.165) is 31.4 Å². The first-order valence-electron chi connectivity index (χ1n) is 8.00. The molecule has 2 heterocycles. The maximum absolute atomic E-state index is 13.0. The number of carbonyl (C=O) groups is 1. The summed E-state index contributed by atoms with van der Waals surface area (Å²) in [6, 6.07) is 6.33. The van der Waals surface area contributed by atoms with Crippen LogP contribution in [0.2, 0.25) is 0 Å². The largest absolute Gasteiger partial charge is 0.370 e. The van der Waals surface area contributed by atoms with Gasteiger partial charge in [-0.25, -0.2) is 4.39 Å². The molecular formula is C17H24ClFN2O2. The zero-order valence-electron chi connectivity index (χ0n) is 13.4. The highest BCUT2D eigenvalue weighted by Crippen LogP contribution is 2.27. The number of nitrogens with one attached hydrogen (secondary N) is 1. The normalized spacial score (nSPS) is 28.1. The summed E-state index contributed by atoms with van der Waals surface area (Å²) in [5, 5.41) is 3.37. The van der Waals surface area contributed by atoms with Crippen LogP contribution in [0.5, 0.6) is 0 Å². The van der Waals surface area contributed by atoms with Gasteiger partial charge in [0.05, 0.1) is 18.7 Å². The number of carbonyl (C=O) groups excluding carboxylic acids is 1. The minimum Gasteiger partial charge on any atom is -0.370 e. The Morgan fingerprint density at radius 2 is 2.09 bits per heavy atom. The van der Waals surface area contributed by atoms with Gasteiger partial charge in [0.1, 0.15) is 11.9 Å². The molecule has 2 unspecified atom stereocenters. The second-order valence-corrected chi connectivity index (χ2v) is 6.38. The van der Waals surface area contributed by atoms with Crippen LogP contribution in [-0.4, -0.2) is 42.6 Å². The average Bonchev–Trinajstić information content (AvgIpc) is 2.56. The van der Waals surface area contributed by atoms with Gasteiger partial charge in [0.2, 0.25) is 5.91 Å². The molecule has 0 radical (unpaired) electrons. The molecule has 0 bridgehead atoms. The molecule has 2 aliphatic rings. The molecule has 2 atom stereocenters. The highest BCUT2D eigenvalue weighted by molar-refractivity contribution is 5.86. The van der Waals surface area contributed by atoms with Crippen LogP contribution in [0.4, 0.5) is 4.39 Å². The summed E-state index contributed by atoms with van der Waals surface area (Å²) >= 11 is 0. The molecule has 1 amide bonds. The third kappa shape index (κ3) is 4.03. The summed E-state index contributed by atoms with van der Waals surface area (Å²) in [6.45, 7) is 4.56. The topological polar surface area (TPSA) is 41.6 Å². The quantitative estimate of drug-likeness (QED) is 0.898. The lowest BCUT2D eigenvalue weighted by molar-refractivity contribution is -0.146. The first-order chi connectivity index (χ1) is 10.6. The lowest BCUT2D eigenvalue weighted by Gasteiger charge is -2.41.